The molecule has 2 amide bonds. The molecule has 5 rings (SSSR count). The number of benzene rings is 2. The number of pyridine rings is 1. The summed E-state index contributed by atoms with van der Waals surface area (Å²) in [6.07, 6.45) is -1.22. The van der Waals surface area contributed by atoms with Crippen molar-refractivity contribution < 1.29 is 27.5 Å². The molecule has 4 aromatic rings. The van der Waals surface area contributed by atoms with Crippen molar-refractivity contribution in [3.63, 3.8) is 0 Å². The molecule has 0 radical (unpaired) electrons. The minimum absolute atomic E-state index is 0.176. The number of hydrogen-bond donors (Lipinski definition) is 2. The third-order valence-corrected chi connectivity index (χ3v) is 6.45. The second-order valence-corrected chi connectivity index (χ2v) is 8.82. The number of ether oxygens (including phenoxy) is 1. The van der Waals surface area contributed by atoms with Crippen molar-refractivity contribution in [2.75, 3.05) is 13.1 Å². The van der Waals surface area contributed by atoms with Crippen molar-refractivity contribution in [2.45, 2.75) is 24.7 Å². The molecule has 0 bridgehead atoms. The first-order valence-corrected chi connectivity index (χ1v) is 11.7. The predicted molar refractivity (Wildman–Crippen MR) is 130 cm³/mol. The molecule has 7 nitrogen and oxygen atoms in total. The zero-order valence-electron chi connectivity index (χ0n) is 19.5. The highest BCUT2D eigenvalue weighted by atomic mass is 19.4. The summed E-state index contributed by atoms with van der Waals surface area (Å²) < 4.78 is 42.6. The molecule has 2 aromatic carbocycles. The van der Waals surface area contributed by atoms with Gasteiger partial charge in [-0.25, -0.2) is 4.98 Å². The van der Waals surface area contributed by atoms with Crippen LogP contribution in [-0.2, 0) is 0 Å². The van der Waals surface area contributed by atoms with Gasteiger partial charge in [0.1, 0.15) is 11.4 Å². The fourth-order valence-electron chi connectivity index (χ4n) is 4.70. The lowest BCUT2D eigenvalue weighted by Crippen LogP contribution is -2.51. The van der Waals surface area contributed by atoms with Crippen molar-refractivity contribution in [1.82, 2.24) is 20.2 Å². The minimum Gasteiger partial charge on any atom is -0.405 e. The molecular weight excluding hydrogens is 485 g/mol. The van der Waals surface area contributed by atoms with Gasteiger partial charge in [-0.1, -0.05) is 42.5 Å². The average Bonchev–Trinajstić information content (AvgIpc) is 3.36. The van der Waals surface area contributed by atoms with Gasteiger partial charge in [0.25, 0.3) is 11.8 Å². The summed E-state index contributed by atoms with van der Waals surface area (Å²) in [4.78, 5) is 35.4. The number of fused-ring (bicyclic) bond motifs is 1. The fraction of sp³-hybridized carbons (Fsp3) is 0.222. The Morgan fingerprint density at radius 3 is 2.59 bits per heavy atom. The molecule has 2 N–H and O–H groups in total. The third kappa shape index (κ3) is 5.42. The Bertz CT molecular complexity index is 1420. The largest absolute Gasteiger partial charge is 0.573 e. The summed E-state index contributed by atoms with van der Waals surface area (Å²) >= 11 is 0. The van der Waals surface area contributed by atoms with E-state index in [4.69, 9.17) is 0 Å². The van der Waals surface area contributed by atoms with Gasteiger partial charge in [-0.05, 0) is 36.2 Å². The first-order chi connectivity index (χ1) is 17.8. The maximum absolute atomic E-state index is 13.3. The number of rotatable bonds is 5. The SMILES string of the molecule is O=C(N[C@@H]1CCN(C(=O)c2cnc3[nH]ccc3c2)C[C@@H]1c1ccccc1)c1ccccc1OC(F)(F)F. The summed E-state index contributed by atoms with van der Waals surface area (Å²) in [5.41, 5.74) is 1.84. The van der Waals surface area contributed by atoms with E-state index in [0.29, 0.717) is 30.7 Å². The molecule has 0 spiro atoms. The standard InChI is InChI=1S/C27H23F3N4O3/c28-27(29,30)37-23-9-5-4-8-20(23)25(35)33-22-11-13-34(16-21(22)17-6-2-1-3-7-17)26(36)19-14-18-10-12-31-24(18)32-15-19/h1-10,12,14-15,21-22H,11,13,16H2,(H,31,32)(H,33,35)/t21-,22-/m1/s1. The minimum atomic E-state index is -4.92. The summed E-state index contributed by atoms with van der Waals surface area (Å²) in [6, 6.07) is 17.9. The van der Waals surface area contributed by atoms with Gasteiger partial charge in [-0.15, -0.1) is 13.2 Å². The van der Waals surface area contributed by atoms with Gasteiger partial charge in [0.2, 0.25) is 0 Å². The van der Waals surface area contributed by atoms with Crippen LogP contribution in [0.2, 0.25) is 0 Å². The molecule has 1 saturated heterocycles. The third-order valence-electron chi connectivity index (χ3n) is 6.45. The van der Waals surface area contributed by atoms with Crippen LogP contribution in [0.4, 0.5) is 13.2 Å². The Balaban J connectivity index is 1.37. The molecule has 0 unspecified atom stereocenters. The van der Waals surface area contributed by atoms with Crippen LogP contribution in [-0.4, -0.2) is 52.2 Å². The Morgan fingerprint density at radius 2 is 1.81 bits per heavy atom. The van der Waals surface area contributed by atoms with Gasteiger partial charge in [0.15, 0.2) is 0 Å². The van der Waals surface area contributed by atoms with E-state index in [1.807, 2.05) is 36.4 Å². The number of nitrogens with one attached hydrogen (secondary N) is 2. The van der Waals surface area contributed by atoms with Gasteiger partial charge in [-0.3, -0.25) is 9.59 Å². The number of amides is 2. The Morgan fingerprint density at radius 1 is 1.05 bits per heavy atom. The van der Waals surface area contributed by atoms with Gasteiger partial charge < -0.3 is 19.9 Å². The Labute approximate surface area is 210 Å². The lowest BCUT2D eigenvalue weighted by Gasteiger charge is -2.39. The van der Waals surface area contributed by atoms with Crippen LogP contribution < -0.4 is 10.1 Å². The normalized spacial score (nSPS) is 18.0. The average molecular weight is 509 g/mol. The summed E-state index contributed by atoms with van der Waals surface area (Å²) in [6.45, 7) is 0.679. The molecular formula is C27H23F3N4O3. The number of hydrogen-bond acceptors (Lipinski definition) is 4. The highest BCUT2D eigenvalue weighted by Gasteiger charge is 2.36. The van der Waals surface area contributed by atoms with Crippen molar-refractivity contribution in [2.24, 2.45) is 0 Å². The monoisotopic (exact) mass is 508 g/mol. The number of carbonyl (C=O) groups is 2. The second kappa shape index (κ2) is 9.96. The van der Waals surface area contributed by atoms with E-state index in [1.54, 1.807) is 17.2 Å². The van der Waals surface area contributed by atoms with Crippen LogP contribution in [0.5, 0.6) is 5.75 Å². The number of nitrogens with zero attached hydrogens (tertiary/aromatic N) is 2. The van der Waals surface area contributed by atoms with Crippen molar-refractivity contribution in [3.8, 4) is 5.75 Å². The maximum atomic E-state index is 13.3. The van der Waals surface area contributed by atoms with Gasteiger partial charge in [-0.2, -0.15) is 0 Å². The first-order valence-electron chi connectivity index (χ1n) is 11.7. The smallest absolute Gasteiger partial charge is 0.405 e. The van der Waals surface area contributed by atoms with E-state index in [-0.39, 0.29) is 17.4 Å². The number of alkyl halides is 3. The van der Waals surface area contributed by atoms with Crippen LogP contribution in [0.1, 0.15) is 38.6 Å². The van der Waals surface area contributed by atoms with E-state index in [2.05, 4.69) is 20.0 Å². The van der Waals surface area contributed by atoms with E-state index >= 15 is 0 Å². The molecule has 190 valence electrons. The summed E-state index contributed by atoms with van der Waals surface area (Å²) in [5, 5.41) is 3.72. The van der Waals surface area contributed by atoms with E-state index < -0.39 is 24.1 Å². The number of carbonyl (C=O) groups excluding carboxylic acids is 2. The van der Waals surface area contributed by atoms with Crippen LogP contribution >= 0.6 is 0 Å². The molecule has 2 atom stereocenters. The van der Waals surface area contributed by atoms with Crippen LogP contribution in [0, 0.1) is 0 Å². The second-order valence-electron chi connectivity index (χ2n) is 8.82. The molecule has 1 aliphatic heterocycles. The molecule has 2 aromatic heterocycles. The van der Waals surface area contributed by atoms with Gasteiger partial charge in [0.05, 0.1) is 11.1 Å². The first kappa shape index (κ1) is 24.4. The lowest BCUT2D eigenvalue weighted by atomic mass is 9.85. The van der Waals surface area contributed by atoms with Crippen molar-refractivity contribution >= 4 is 22.8 Å². The zero-order valence-corrected chi connectivity index (χ0v) is 19.5. The fourth-order valence-corrected chi connectivity index (χ4v) is 4.70. The van der Waals surface area contributed by atoms with Crippen LogP contribution in [0.3, 0.4) is 0 Å². The number of para-hydroxylation sites is 1. The summed E-state index contributed by atoms with van der Waals surface area (Å²) in [7, 11) is 0. The molecule has 10 heteroatoms. The molecule has 0 aliphatic carbocycles. The van der Waals surface area contributed by atoms with E-state index in [9.17, 15) is 22.8 Å². The number of aromatic amines is 1. The maximum Gasteiger partial charge on any atom is 0.573 e. The Hall–Kier alpha value is -4.34. The molecule has 0 saturated carbocycles. The molecule has 1 fully saturated rings. The quantitative estimate of drug-likeness (QED) is 0.402. The van der Waals surface area contributed by atoms with Crippen molar-refractivity contribution in [1.29, 1.82) is 0 Å². The van der Waals surface area contributed by atoms with Gasteiger partial charge in [0, 0.05) is 42.8 Å². The predicted octanol–water partition coefficient (Wildman–Crippen LogP) is 4.89. The molecule has 3 heterocycles. The number of piperidine rings is 1. The number of likely N-dealkylation sites (tertiary alicyclic amines) is 1. The number of H-pyrrole nitrogens is 1. The number of halogens is 3. The highest BCUT2D eigenvalue weighted by Crippen LogP contribution is 2.31. The topological polar surface area (TPSA) is 87.3 Å². The van der Waals surface area contributed by atoms with E-state index in [0.717, 1.165) is 17.0 Å². The molecule has 37 heavy (non-hydrogen) atoms. The molecule has 1 aliphatic rings. The number of aromatic nitrogens is 2. The van der Waals surface area contributed by atoms with Crippen LogP contribution in [0.15, 0.2) is 79.1 Å². The van der Waals surface area contributed by atoms with Crippen LogP contribution in [0.25, 0.3) is 11.0 Å². The Kier molecular flexibility index (Phi) is 6.56. The zero-order chi connectivity index (χ0) is 26.0. The summed E-state index contributed by atoms with van der Waals surface area (Å²) in [5.74, 6) is -1.69. The van der Waals surface area contributed by atoms with E-state index in [1.165, 1.54) is 24.4 Å². The lowest BCUT2D eigenvalue weighted by molar-refractivity contribution is -0.274. The van der Waals surface area contributed by atoms with Crippen molar-refractivity contribution in [3.05, 3.63) is 95.8 Å². The highest BCUT2D eigenvalue weighted by molar-refractivity contribution is 5.98. The van der Waals surface area contributed by atoms with Gasteiger partial charge >= 0.3 is 6.36 Å².